The van der Waals surface area contributed by atoms with E-state index in [0.29, 0.717) is 0 Å². The Hall–Kier alpha value is -6.30. The maximum Gasteiger partial charge on any atom is 0.304 e. The van der Waals surface area contributed by atoms with E-state index in [4.69, 9.17) is 11.0 Å². The van der Waals surface area contributed by atoms with Gasteiger partial charge in [0.05, 0.1) is 14.5 Å². The molecule has 0 bridgehead atoms. The number of aromatic nitrogens is 3. The summed E-state index contributed by atoms with van der Waals surface area (Å²) in [4.78, 5) is 0. The topological polar surface area (TPSA) is 25.8 Å². The smallest absolute Gasteiger partial charge is 0.304 e. The highest BCUT2D eigenvalue weighted by atomic mass is 28.3. The Balaban J connectivity index is 1.16. The van der Waals surface area contributed by atoms with Crippen LogP contribution in [0.15, 0.2) is 157 Å². The maximum absolute atomic E-state index is 7.17. The van der Waals surface area contributed by atoms with Crippen LogP contribution in [-0.4, -0.2) is 12.6 Å². The Kier molecular flexibility index (Phi) is 10.4. The van der Waals surface area contributed by atoms with Crippen molar-refractivity contribution in [3.8, 4) is 39.5 Å². The number of nitrogens with zero attached hydrogens (tertiary/aromatic N) is 3. The summed E-state index contributed by atoms with van der Waals surface area (Å²) in [6, 6.07) is 52.5. The molecule has 0 saturated heterocycles. The minimum absolute atomic E-state index is 0.169. The summed E-state index contributed by atoms with van der Waals surface area (Å²) in [5.41, 5.74) is 18.3. The second kappa shape index (κ2) is 16.4. The summed E-state index contributed by atoms with van der Waals surface area (Å²) in [5, 5.41) is 3.92. The quantitative estimate of drug-likeness (QED) is 0.125. The number of allylic oxidation sites excluding steroid dienone is 1. The van der Waals surface area contributed by atoms with Crippen molar-refractivity contribution in [2.45, 2.75) is 116 Å². The Morgan fingerprint density at radius 1 is 0.735 bits per heavy atom. The molecule has 3 aromatic heterocycles. The van der Waals surface area contributed by atoms with Crippen molar-refractivity contribution in [3.05, 3.63) is 175 Å². The molecule has 2 aliphatic heterocycles. The number of rotatable bonds is 5. The fourth-order valence-electron chi connectivity index (χ4n) is 12.8. The lowest BCUT2D eigenvalue weighted by Gasteiger charge is -2.33. The molecule has 0 spiro atoms. The molecule has 0 radical (unpaired) electrons. The van der Waals surface area contributed by atoms with Gasteiger partial charge in [-0.3, -0.25) is 0 Å². The molecule has 6 aromatic carbocycles. The van der Waals surface area contributed by atoms with E-state index in [1.165, 1.54) is 83.3 Å². The van der Waals surface area contributed by atoms with Gasteiger partial charge in [-0.05, 0) is 77.1 Å². The maximum atomic E-state index is 7.17. The van der Waals surface area contributed by atoms with Gasteiger partial charge < -0.3 is 4.42 Å². The second-order valence-electron chi connectivity index (χ2n) is 22.4. The molecule has 1 aliphatic carbocycles. The number of imidazole rings is 1. The van der Waals surface area contributed by atoms with Crippen molar-refractivity contribution < 1.29 is 13.6 Å². The first-order valence-corrected chi connectivity index (χ1v) is 29.0. The van der Waals surface area contributed by atoms with Gasteiger partial charge in [-0.25, -0.2) is 0 Å². The lowest BCUT2D eigenvalue weighted by atomic mass is 9.77. The highest BCUT2D eigenvalue weighted by Gasteiger charge is 2.46. The Labute approximate surface area is 403 Å². The van der Waals surface area contributed by atoms with Crippen LogP contribution in [0.2, 0.25) is 19.6 Å². The van der Waals surface area contributed by atoms with E-state index in [1.807, 2.05) is 0 Å². The standard InChI is InChI=1S/C63H65N3OSi/c1-41-37-55-49(47-25-14-15-26-48(47)56-39-45(38-42-21-10-8-11-22-42)58(40-64(55)56)68(5,6)7)35-33-44-34-36-51-50-27-16-19-32-57(50)67-61(51)59(44)62-65(41)53-30-17-18-31-54(53)66(62)60-46(43-23-12-9-13-24-43)28-20-29-52(60)63(2,3)4/h9,12-20,23-32,34,36,39-40,42,49,55H,1,8,10-11,21-22,33,35,37-38H2,2-7H3/q+2. The van der Waals surface area contributed by atoms with Crippen molar-refractivity contribution in [3.63, 3.8) is 0 Å². The van der Waals surface area contributed by atoms with Crippen LogP contribution >= 0.6 is 0 Å². The van der Waals surface area contributed by atoms with E-state index in [0.717, 1.165) is 75.2 Å². The van der Waals surface area contributed by atoms with Gasteiger partial charge >= 0.3 is 5.82 Å². The highest BCUT2D eigenvalue weighted by molar-refractivity contribution is 6.89. The van der Waals surface area contributed by atoms with Gasteiger partial charge in [0.2, 0.25) is 5.69 Å². The van der Waals surface area contributed by atoms with E-state index in [9.17, 15) is 0 Å². The van der Waals surface area contributed by atoms with Crippen LogP contribution in [0, 0.1) is 5.92 Å². The number of hydrogen-bond acceptors (Lipinski definition) is 1. The third-order valence-electron chi connectivity index (χ3n) is 16.0. The first kappa shape index (κ1) is 43.0. The average molecular weight is 908 g/mol. The minimum Gasteiger partial charge on any atom is -0.455 e. The van der Waals surface area contributed by atoms with Crippen LogP contribution in [0.3, 0.4) is 0 Å². The number of pyridine rings is 1. The zero-order valence-corrected chi connectivity index (χ0v) is 41.9. The van der Waals surface area contributed by atoms with Gasteiger partial charge in [-0.15, -0.1) is 0 Å². The summed E-state index contributed by atoms with van der Waals surface area (Å²) in [7, 11) is -1.76. The average Bonchev–Trinajstić information content (AvgIpc) is 3.89. The molecule has 340 valence electrons. The Morgan fingerprint density at radius 2 is 1.47 bits per heavy atom. The van der Waals surface area contributed by atoms with Gasteiger partial charge in [-0.1, -0.05) is 188 Å². The van der Waals surface area contributed by atoms with Gasteiger partial charge in [-0.2, -0.15) is 13.7 Å². The zero-order valence-electron chi connectivity index (χ0n) is 40.9. The van der Waals surface area contributed by atoms with Gasteiger partial charge in [0.1, 0.15) is 22.5 Å². The predicted octanol–water partition coefficient (Wildman–Crippen LogP) is 15.2. The molecule has 2 atom stereocenters. The fourth-order valence-corrected chi connectivity index (χ4v) is 14.5. The molecule has 1 fully saturated rings. The van der Waals surface area contributed by atoms with E-state index in [2.05, 4.69) is 200 Å². The minimum atomic E-state index is -1.76. The Morgan fingerprint density at radius 3 is 2.28 bits per heavy atom. The molecule has 3 aliphatic rings. The zero-order chi connectivity index (χ0) is 46.5. The number of aryl methyl sites for hydroxylation is 1. The van der Waals surface area contributed by atoms with Gasteiger partial charge in [0, 0.05) is 44.6 Å². The Bertz CT molecular complexity index is 3440. The number of furan rings is 1. The summed E-state index contributed by atoms with van der Waals surface area (Å²) in [5.74, 6) is 2.16. The summed E-state index contributed by atoms with van der Waals surface area (Å²) in [6.07, 6.45) is 13.4. The third kappa shape index (κ3) is 7.06. The molecule has 12 rings (SSSR count). The lowest BCUT2D eigenvalue weighted by molar-refractivity contribution is -0.719. The van der Waals surface area contributed by atoms with Crippen molar-refractivity contribution in [2.24, 2.45) is 5.92 Å². The van der Waals surface area contributed by atoms with E-state index in [-0.39, 0.29) is 17.4 Å². The SMILES string of the molecule is C=C1CC2C(CCc3ccc4c(oc5ccccc54)c3-c3n(-c4c(-c5ccccc5)cccc4C(C)(C)C)c4ccccc4[n+]31)c1ccccc1-c1cc(CC3CCCCC3)c([Si](C)(C)C)c[n+]12. The van der Waals surface area contributed by atoms with Crippen molar-refractivity contribution >= 4 is 51.9 Å². The molecule has 0 amide bonds. The van der Waals surface area contributed by atoms with Crippen molar-refractivity contribution in [2.75, 3.05) is 0 Å². The molecule has 4 nitrogen and oxygen atoms in total. The lowest BCUT2D eigenvalue weighted by Crippen LogP contribution is -2.54. The van der Waals surface area contributed by atoms with Crippen LogP contribution in [0.1, 0.15) is 99.9 Å². The number of para-hydroxylation sites is 4. The fraction of sp³-hybridized carbons (Fsp3) is 0.302. The first-order chi connectivity index (χ1) is 32.9. The predicted molar refractivity (Wildman–Crippen MR) is 286 cm³/mol. The summed E-state index contributed by atoms with van der Waals surface area (Å²) >= 11 is 0. The molecule has 5 heteroatoms. The van der Waals surface area contributed by atoms with Crippen LogP contribution < -0.4 is 14.3 Å². The van der Waals surface area contributed by atoms with Gasteiger partial charge in [0.25, 0.3) is 0 Å². The van der Waals surface area contributed by atoms with Crippen LogP contribution in [0.25, 0.3) is 78.1 Å². The molecule has 68 heavy (non-hydrogen) atoms. The van der Waals surface area contributed by atoms with E-state index in [1.54, 1.807) is 10.8 Å². The molecule has 5 heterocycles. The largest absolute Gasteiger partial charge is 0.455 e. The second-order valence-corrected chi connectivity index (χ2v) is 27.4. The third-order valence-corrected chi connectivity index (χ3v) is 18.1. The molecule has 0 N–H and O–H groups in total. The molecule has 9 aromatic rings. The normalized spacial score (nSPS) is 17.7. The number of fused-ring (bicyclic) bond motifs is 15. The van der Waals surface area contributed by atoms with E-state index >= 15 is 0 Å². The van der Waals surface area contributed by atoms with Crippen molar-refractivity contribution in [1.29, 1.82) is 0 Å². The number of hydrogen-bond donors (Lipinski definition) is 0. The molecule has 1 saturated carbocycles. The molecule has 2 unspecified atom stereocenters. The summed E-state index contributed by atoms with van der Waals surface area (Å²) < 4.78 is 15.1. The molecular weight excluding hydrogens is 843 g/mol. The highest BCUT2D eigenvalue weighted by Crippen LogP contribution is 2.48. The summed E-state index contributed by atoms with van der Waals surface area (Å²) in [6.45, 7) is 20.0. The van der Waals surface area contributed by atoms with Crippen LogP contribution in [0.4, 0.5) is 0 Å². The van der Waals surface area contributed by atoms with Crippen molar-refractivity contribution in [1.82, 2.24) is 4.57 Å². The number of benzene rings is 6. The van der Waals surface area contributed by atoms with E-state index < -0.39 is 8.07 Å². The van der Waals surface area contributed by atoms with Gasteiger partial charge in [0.15, 0.2) is 28.9 Å². The molecular formula is C63H65N3OSi+2. The van der Waals surface area contributed by atoms with Crippen LogP contribution in [-0.2, 0) is 18.3 Å². The van der Waals surface area contributed by atoms with Crippen LogP contribution in [0.5, 0.6) is 0 Å². The first-order valence-electron chi connectivity index (χ1n) is 25.5. The monoisotopic (exact) mass is 907 g/mol.